The molecule has 3 heteroatoms. The fourth-order valence-corrected chi connectivity index (χ4v) is 1.93. The van der Waals surface area contributed by atoms with E-state index in [0.29, 0.717) is 12.5 Å². The Kier molecular flexibility index (Phi) is 3.11. The zero-order chi connectivity index (χ0) is 9.80. The molecule has 0 saturated carbocycles. The van der Waals surface area contributed by atoms with Gasteiger partial charge in [-0.25, -0.2) is 0 Å². The second-order valence-electron chi connectivity index (χ2n) is 3.89. The Morgan fingerprint density at radius 3 is 3.07 bits per heavy atom. The quantitative estimate of drug-likeness (QED) is 0.773. The first-order valence-corrected chi connectivity index (χ1v) is 5.11. The molecule has 2 heterocycles. The lowest BCUT2D eigenvalue weighted by atomic mass is 10.1. The number of nitrogens with zero attached hydrogens (tertiary/aromatic N) is 2. The standard InChI is InChI=1S/C11H16N2O/c14-9-10-4-6-13(7-10)8-11-3-1-2-5-12-11/h1-3,5,10,14H,4,6-9H2/t10-/m1/s1. The first-order chi connectivity index (χ1) is 6.88. The highest BCUT2D eigenvalue weighted by atomic mass is 16.3. The molecular weight excluding hydrogens is 176 g/mol. The Morgan fingerprint density at radius 1 is 1.50 bits per heavy atom. The molecule has 1 N–H and O–H groups in total. The molecule has 0 amide bonds. The van der Waals surface area contributed by atoms with Crippen LogP contribution in [0.3, 0.4) is 0 Å². The zero-order valence-corrected chi connectivity index (χ0v) is 8.26. The molecule has 1 aromatic heterocycles. The SMILES string of the molecule is OC[C@@H]1CCN(Cc2ccccn2)C1. The number of aliphatic hydroxyl groups is 1. The van der Waals surface area contributed by atoms with Gasteiger partial charge in [-0.2, -0.15) is 0 Å². The van der Waals surface area contributed by atoms with E-state index >= 15 is 0 Å². The maximum Gasteiger partial charge on any atom is 0.0543 e. The van der Waals surface area contributed by atoms with Crippen LogP contribution in [0.15, 0.2) is 24.4 Å². The van der Waals surface area contributed by atoms with Crippen LogP contribution in [0.2, 0.25) is 0 Å². The molecule has 0 aromatic carbocycles. The predicted octanol–water partition coefficient (Wildman–Crippen LogP) is 0.896. The molecule has 1 fully saturated rings. The van der Waals surface area contributed by atoms with Crippen LogP contribution in [-0.4, -0.2) is 34.7 Å². The fraction of sp³-hybridized carbons (Fsp3) is 0.545. The summed E-state index contributed by atoms with van der Waals surface area (Å²) < 4.78 is 0. The van der Waals surface area contributed by atoms with Gasteiger partial charge in [0.2, 0.25) is 0 Å². The Hall–Kier alpha value is -0.930. The van der Waals surface area contributed by atoms with Crippen molar-refractivity contribution in [1.29, 1.82) is 0 Å². The molecule has 0 spiro atoms. The number of likely N-dealkylation sites (tertiary alicyclic amines) is 1. The summed E-state index contributed by atoms with van der Waals surface area (Å²) in [7, 11) is 0. The number of aromatic nitrogens is 1. The lowest BCUT2D eigenvalue weighted by Crippen LogP contribution is -2.21. The van der Waals surface area contributed by atoms with Gasteiger partial charge in [-0.1, -0.05) is 6.07 Å². The van der Waals surface area contributed by atoms with Crippen molar-refractivity contribution in [1.82, 2.24) is 9.88 Å². The van der Waals surface area contributed by atoms with Gasteiger partial charge in [0, 0.05) is 25.9 Å². The van der Waals surface area contributed by atoms with Crippen LogP contribution >= 0.6 is 0 Å². The Bertz CT molecular complexity index is 276. The van der Waals surface area contributed by atoms with Gasteiger partial charge in [-0.15, -0.1) is 0 Å². The number of aliphatic hydroxyl groups excluding tert-OH is 1. The maximum atomic E-state index is 9.01. The second kappa shape index (κ2) is 4.53. The van der Waals surface area contributed by atoms with Crippen LogP contribution in [0.1, 0.15) is 12.1 Å². The van der Waals surface area contributed by atoms with Crippen molar-refractivity contribution >= 4 is 0 Å². The Labute approximate surface area is 84.4 Å². The molecule has 76 valence electrons. The lowest BCUT2D eigenvalue weighted by molar-refractivity contribution is 0.219. The minimum atomic E-state index is 0.318. The number of pyridine rings is 1. The van der Waals surface area contributed by atoms with Crippen molar-refractivity contribution in [2.45, 2.75) is 13.0 Å². The van der Waals surface area contributed by atoms with E-state index in [4.69, 9.17) is 5.11 Å². The summed E-state index contributed by atoms with van der Waals surface area (Å²) in [6.07, 6.45) is 2.94. The van der Waals surface area contributed by atoms with E-state index in [1.807, 2.05) is 24.4 Å². The minimum Gasteiger partial charge on any atom is -0.396 e. The molecule has 1 atom stereocenters. The Morgan fingerprint density at radius 2 is 2.43 bits per heavy atom. The summed E-state index contributed by atoms with van der Waals surface area (Å²) in [4.78, 5) is 6.64. The highest BCUT2D eigenvalue weighted by Crippen LogP contribution is 2.16. The zero-order valence-electron chi connectivity index (χ0n) is 8.26. The van der Waals surface area contributed by atoms with E-state index in [1.165, 1.54) is 0 Å². The van der Waals surface area contributed by atoms with E-state index in [9.17, 15) is 0 Å². The normalized spacial score (nSPS) is 22.8. The monoisotopic (exact) mass is 192 g/mol. The molecule has 0 radical (unpaired) electrons. The highest BCUT2D eigenvalue weighted by molar-refractivity contribution is 5.03. The summed E-state index contributed by atoms with van der Waals surface area (Å²) in [6.45, 7) is 3.32. The van der Waals surface area contributed by atoms with Crippen LogP contribution in [0.5, 0.6) is 0 Å². The van der Waals surface area contributed by atoms with Gasteiger partial charge in [-0.3, -0.25) is 9.88 Å². The molecule has 14 heavy (non-hydrogen) atoms. The van der Waals surface area contributed by atoms with Crippen LogP contribution in [0.25, 0.3) is 0 Å². The first-order valence-electron chi connectivity index (χ1n) is 5.11. The molecule has 3 nitrogen and oxygen atoms in total. The number of rotatable bonds is 3. The van der Waals surface area contributed by atoms with Gasteiger partial charge in [0.1, 0.15) is 0 Å². The summed E-state index contributed by atoms with van der Waals surface area (Å²) in [5, 5.41) is 9.01. The molecule has 1 aliphatic rings. The molecule has 2 rings (SSSR count). The predicted molar refractivity (Wildman–Crippen MR) is 54.7 cm³/mol. The fourth-order valence-electron chi connectivity index (χ4n) is 1.93. The molecule has 0 aliphatic carbocycles. The van der Waals surface area contributed by atoms with Crippen LogP contribution in [-0.2, 0) is 6.54 Å². The highest BCUT2D eigenvalue weighted by Gasteiger charge is 2.21. The van der Waals surface area contributed by atoms with Crippen molar-refractivity contribution in [3.63, 3.8) is 0 Å². The number of hydrogen-bond donors (Lipinski definition) is 1. The van der Waals surface area contributed by atoms with Crippen molar-refractivity contribution in [2.75, 3.05) is 19.7 Å². The van der Waals surface area contributed by atoms with Gasteiger partial charge in [-0.05, 0) is 31.0 Å². The Balaban J connectivity index is 1.88. The lowest BCUT2D eigenvalue weighted by Gasteiger charge is -2.14. The van der Waals surface area contributed by atoms with E-state index < -0.39 is 0 Å². The van der Waals surface area contributed by atoms with Crippen molar-refractivity contribution < 1.29 is 5.11 Å². The van der Waals surface area contributed by atoms with E-state index in [2.05, 4.69) is 9.88 Å². The van der Waals surface area contributed by atoms with E-state index in [-0.39, 0.29) is 0 Å². The van der Waals surface area contributed by atoms with Crippen molar-refractivity contribution in [3.05, 3.63) is 30.1 Å². The third kappa shape index (κ3) is 2.30. The summed E-state index contributed by atoms with van der Waals surface area (Å²) in [5.41, 5.74) is 1.12. The third-order valence-corrected chi connectivity index (χ3v) is 2.74. The topological polar surface area (TPSA) is 36.4 Å². The van der Waals surface area contributed by atoms with E-state index in [0.717, 1.165) is 31.7 Å². The molecule has 0 bridgehead atoms. The summed E-state index contributed by atoms with van der Waals surface area (Å²) in [5.74, 6) is 0.471. The molecule has 1 aliphatic heterocycles. The molecule has 0 unspecified atom stereocenters. The van der Waals surface area contributed by atoms with Gasteiger partial charge in [0.05, 0.1) is 5.69 Å². The van der Waals surface area contributed by atoms with Crippen LogP contribution in [0, 0.1) is 5.92 Å². The summed E-state index contributed by atoms with van der Waals surface area (Å²) >= 11 is 0. The van der Waals surface area contributed by atoms with Crippen molar-refractivity contribution in [2.24, 2.45) is 5.92 Å². The van der Waals surface area contributed by atoms with Gasteiger partial charge >= 0.3 is 0 Å². The third-order valence-electron chi connectivity index (χ3n) is 2.74. The number of hydrogen-bond acceptors (Lipinski definition) is 3. The van der Waals surface area contributed by atoms with Gasteiger partial charge in [0.15, 0.2) is 0 Å². The molecule has 1 saturated heterocycles. The average Bonchev–Trinajstić information content (AvgIpc) is 2.67. The van der Waals surface area contributed by atoms with Crippen LogP contribution in [0.4, 0.5) is 0 Å². The van der Waals surface area contributed by atoms with Gasteiger partial charge < -0.3 is 5.11 Å². The summed E-state index contributed by atoms with van der Waals surface area (Å²) in [6, 6.07) is 6.00. The van der Waals surface area contributed by atoms with Crippen LogP contribution < -0.4 is 0 Å². The first kappa shape index (κ1) is 9.62. The second-order valence-corrected chi connectivity index (χ2v) is 3.89. The molecule has 1 aromatic rings. The molecular formula is C11H16N2O. The van der Waals surface area contributed by atoms with E-state index in [1.54, 1.807) is 0 Å². The minimum absolute atomic E-state index is 0.318. The van der Waals surface area contributed by atoms with Crippen molar-refractivity contribution in [3.8, 4) is 0 Å². The van der Waals surface area contributed by atoms with Gasteiger partial charge in [0.25, 0.3) is 0 Å². The smallest absolute Gasteiger partial charge is 0.0543 e. The average molecular weight is 192 g/mol. The maximum absolute atomic E-state index is 9.01. The largest absolute Gasteiger partial charge is 0.396 e.